The fraction of sp³-hybridized carbons (Fsp3) is 0.323. The van der Waals surface area contributed by atoms with Crippen molar-refractivity contribution in [2.24, 2.45) is 7.05 Å². The molecule has 2 aromatic carbocycles. The lowest BCUT2D eigenvalue weighted by Gasteiger charge is -2.39. The Morgan fingerprint density at radius 1 is 0.974 bits per heavy atom. The van der Waals surface area contributed by atoms with E-state index in [2.05, 4.69) is 12.0 Å². The van der Waals surface area contributed by atoms with E-state index in [0.717, 1.165) is 27.8 Å². The number of nitrogens with zero attached hydrogens (tertiary/aromatic N) is 4. The number of pyridine rings is 1. The van der Waals surface area contributed by atoms with Gasteiger partial charge in [-0.1, -0.05) is 67.6 Å². The summed E-state index contributed by atoms with van der Waals surface area (Å²) in [5.41, 5.74) is 3.49. The monoisotopic (exact) mass is 510 g/mol. The lowest BCUT2D eigenvalue weighted by Crippen LogP contribution is -2.49. The number of rotatable bonds is 7. The van der Waals surface area contributed by atoms with Crippen molar-refractivity contribution in [3.05, 3.63) is 101 Å². The highest BCUT2D eigenvalue weighted by Crippen LogP contribution is 2.32. The number of carbonyl (C=O) groups excluding carboxylic acids is 1. The van der Waals surface area contributed by atoms with Gasteiger partial charge in [-0.2, -0.15) is 5.10 Å². The van der Waals surface area contributed by atoms with Crippen LogP contribution in [0.5, 0.6) is 0 Å². The van der Waals surface area contributed by atoms with Crippen LogP contribution in [0.3, 0.4) is 0 Å². The Hall–Kier alpha value is -3.97. The van der Waals surface area contributed by atoms with E-state index in [1.807, 2.05) is 85.0 Å². The summed E-state index contributed by atoms with van der Waals surface area (Å²) in [6.45, 7) is 3.20. The molecule has 3 heterocycles. The zero-order valence-corrected chi connectivity index (χ0v) is 22.0. The van der Waals surface area contributed by atoms with Crippen LogP contribution < -0.4 is 5.56 Å². The first kappa shape index (κ1) is 25.7. The van der Waals surface area contributed by atoms with E-state index in [-0.39, 0.29) is 23.9 Å². The van der Waals surface area contributed by atoms with Gasteiger partial charge in [-0.05, 0) is 35.4 Å². The predicted octanol–water partition coefficient (Wildman–Crippen LogP) is 4.46. The minimum absolute atomic E-state index is 0.103. The maximum atomic E-state index is 13.2. The molecule has 7 nitrogen and oxygen atoms in total. The van der Waals surface area contributed by atoms with Gasteiger partial charge in [0.1, 0.15) is 0 Å². The molecular weight excluding hydrogens is 476 g/mol. The van der Waals surface area contributed by atoms with Crippen LogP contribution in [-0.2, 0) is 18.4 Å². The molecule has 0 radical (unpaired) electrons. The molecule has 196 valence electrons. The van der Waals surface area contributed by atoms with Gasteiger partial charge in [-0.3, -0.25) is 14.3 Å². The third kappa shape index (κ3) is 5.63. The molecule has 1 amide bonds. The van der Waals surface area contributed by atoms with Crippen LogP contribution in [0.4, 0.5) is 0 Å². The fourth-order valence-electron chi connectivity index (χ4n) is 5.28. The standard InChI is InChI=1S/C31H34N4O3/c1-23(24-9-5-3-6-10-24)17-29(36)34-15-13-31(38,14-16-34)22-35-21-28(26-19-32-33(2)20-26)27(18-30(35)37)25-11-7-4-8-12-25/h3-12,18-21,23,38H,13-17,22H2,1-2H3/t23-/m1/s1. The first-order valence-corrected chi connectivity index (χ1v) is 13.2. The molecule has 0 unspecified atom stereocenters. The summed E-state index contributed by atoms with van der Waals surface area (Å²) in [6.07, 6.45) is 6.83. The second-order valence-electron chi connectivity index (χ2n) is 10.5. The highest BCUT2D eigenvalue weighted by atomic mass is 16.3. The average molecular weight is 511 g/mol. The summed E-state index contributed by atoms with van der Waals surface area (Å²) in [6, 6.07) is 21.5. The molecule has 1 atom stereocenters. The Labute approximate surface area is 223 Å². The van der Waals surface area contributed by atoms with Crippen molar-refractivity contribution in [2.75, 3.05) is 13.1 Å². The molecule has 2 aromatic heterocycles. The lowest BCUT2D eigenvalue weighted by molar-refractivity contribution is -0.136. The minimum Gasteiger partial charge on any atom is -0.388 e. The molecule has 4 aromatic rings. The first-order valence-electron chi connectivity index (χ1n) is 13.2. The molecule has 1 aliphatic heterocycles. The number of aromatic nitrogens is 3. The van der Waals surface area contributed by atoms with Gasteiger partial charge >= 0.3 is 0 Å². The van der Waals surface area contributed by atoms with Gasteiger partial charge in [0, 0.05) is 56.1 Å². The second kappa shape index (κ2) is 10.8. The number of hydrogen-bond donors (Lipinski definition) is 1. The average Bonchev–Trinajstić information content (AvgIpc) is 3.37. The smallest absolute Gasteiger partial charge is 0.251 e. The van der Waals surface area contributed by atoms with Gasteiger partial charge in [0.2, 0.25) is 5.91 Å². The molecule has 7 heteroatoms. The second-order valence-corrected chi connectivity index (χ2v) is 10.5. The number of piperidine rings is 1. The molecule has 0 spiro atoms. The van der Waals surface area contributed by atoms with Crippen molar-refractivity contribution in [1.82, 2.24) is 19.2 Å². The van der Waals surface area contributed by atoms with E-state index >= 15 is 0 Å². The normalized spacial score (nSPS) is 15.8. The molecule has 1 saturated heterocycles. The van der Waals surface area contributed by atoms with E-state index in [1.54, 1.807) is 21.5 Å². The van der Waals surface area contributed by atoms with Crippen molar-refractivity contribution in [2.45, 2.75) is 44.2 Å². The van der Waals surface area contributed by atoms with Gasteiger partial charge in [-0.25, -0.2) is 0 Å². The van der Waals surface area contributed by atoms with Crippen molar-refractivity contribution < 1.29 is 9.90 Å². The zero-order chi connectivity index (χ0) is 26.7. The van der Waals surface area contributed by atoms with Crippen LogP contribution in [0.2, 0.25) is 0 Å². The van der Waals surface area contributed by atoms with Gasteiger partial charge in [0.25, 0.3) is 5.56 Å². The van der Waals surface area contributed by atoms with Crippen LogP contribution >= 0.6 is 0 Å². The molecule has 1 fully saturated rings. The Morgan fingerprint density at radius 3 is 2.26 bits per heavy atom. The Balaban J connectivity index is 1.32. The number of carbonyl (C=O) groups is 1. The number of benzene rings is 2. The molecule has 38 heavy (non-hydrogen) atoms. The lowest BCUT2D eigenvalue weighted by atomic mass is 9.90. The molecular formula is C31H34N4O3. The van der Waals surface area contributed by atoms with E-state index in [9.17, 15) is 14.7 Å². The number of amides is 1. The summed E-state index contributed by atoms with van der Waals surface area (Å²) in [5.74, 6) is 0.240. The SMILES string of the molecule is C[C@H](CC(=O)N1CCC(O)(Cn2cc(-c3cnn(C)c3)c(-c3ccccc3)cc2=O)CC1)c1ccccc1. The Morgan fingerprint density at radius 2 is 1.63 bits per heavy atom. The van der Waals surface area contributed by atoms with Gasteiger partial charge < -0.3 is 14.6 Å². The molecule has 1 N–H and O–H groups in total. The minimum atomic E-state index is -1.06. The molecule has 0 saturated carbocycles. The highest BCUT2D eigenvalue weighted by molar-refractivity contribution is 5.82. The summed E-state index contributed by atoms with van der Waals surface area (Å²) < 4.78 is 3.34. The van der Waals surface area contributed by atoms with Gasteiger partial charge in [-0.15, -0.1) is 0 Å². The molecule has 0 aliphatic carbocycles. The quantitative estimate of drug-likeness (QED) is 0.398. The number of likely N-dealkylation sites (tertiary alicyclic amines) is 1. The van der Waals surface area contributed by atoms with E-state index in [1.165, 1.54) is 0 Å². The van der Waals surface area contributed by atoms with Crippen molar-refractivity contribution >= 4 is 5.91 Å². The Bertz CT molecular complexity index is 1450. The van der Waals surface area contributed by atoms with Crippen LogP contribution in [0.1, 0.15) is 37.7 Å². The number of aliphatic hydroxyl groups is 1. The molecule has 0 bridgehead atoms. The van der Waals surface area contributed by atoms with Crippen LogP contribution in [0.15, 0.2) is 90.1 Å². The summed E-state index contributed by atoms with van der Waals surface area (Å²) in [5, 5.41) is 15.8. The zero-order valence-electron chi connectivity index (χ0n) is 22.0. The number of hydrogen-bond acceptors (Lipinski definition) is 4. The van der Waals surface area contributed by atoms with Crippen molar-refractivity contribution in [1.29, 1.82) is 0 Å². The molecule has 5 rings (SSSR count). The van der Waals surface area contributed by atoms with Crippen molar-refractivity contribution in [3.8, 4) is 22.3 Å². The van der Waals surface area contributed by atoms with E-state index in [0.29, 0.717) is 32.4 Å². The summed E-state index contributed by atoms with van der Waals surface area (Å²) in [4.78, 5) is 28.0. The maximum Gasteiger partial charge on any atom is 0.251 e. The van der Waals surface area contributed by atoms with E-state index < -0.39 is 5.60 Å². The Kier molecular flexibility index (Phi) is 7.29. The van der Waals surface area contributed by atoms with Gasteiger partial charge in [0.05, 0.1) is 18.3 Å². The molecule has 1 aliphatic rings. The summed E-state index contributed by atoms with van der Waals surface area (Å²) >= 11 is 0. The largest absolute Gasteiger partial charge is 0.388 e. The predicted molar refractivity (Wildman–Crippen MR) is 149 cm³/mol. The maximum absolute atomic E-state index is 13.2. The van der Waals surface area contributed by atoms with Crippen LogP contribution in [0, 0.1) is 0 Å². The topological polar surface area (TPSA) is 80.4 Å². The van der Waals surface area contributed by atoms with Crippen molar-refractivity contribution in [3.63, 3.8) is 0 Å². The van der Waals surface area contributed by atoms with Crippen LogP contribution in [0.25, 0.3) is 22.3 Å². The first-order chi connectivity index (χ1) is 18.3. The third-order valence-electron chi connectivity index (χ3n) is 7.59. The highest BCUT2D eigenvalue weighted by Gasteiger charge is 2.35. The van der Waals surface area contributed by atoms with E-state index in [4.69, 9.17) is 0 Å². The fourth-order valence-corrected chi connectivity index (χ4v) is 5.28. The third-order valence-corrected chi connectivity index (χ3v) is 7.59. The van der Waals surface area contributed by atoms with Crippen LogP contribution in [-0.4, -0.2) is 49.0 Å². The van der Waals surface area contributed by atoms with Gasteiger partial charge in [0.15, 0.2) is 0 Å². The number of aryl methyl sites for hydroxylation is 1. The summed E-state index contributed by atoms with van der Waals surface area (Å²) in [7, 11) is 1.86.